The van der Waals surface area contributed by atoms with Crippen molar-refractivity contribution < 1.29 is 4.42 Å². The zero-order chi connectivity index (χ0) is 36.7. The summed E-state index contributed by atoms with van der Waals surface area (Å²) in [6.07, 6.45) is 3.72. The van der Waals surface area contributed by atoms with E-state index in [1.165, 1.54) is 54.9 Å². The molecule has 0 saturated heterocycles. The molecular formula is C52H36N2O. The van der Waals surface area contributed by atoms with Gasteiger partial charge in [0.2, 0.25) is 0 Å². The summed E-state index contributed by atoms with van der Waals surface area (Å²) in [4.78, 5) is 6.63. The van der Waals surface area contributed by atoms with Crippen molar-refractivity contribution in [3.63, 3.8) is 0 Å². The fourth-order valence-corrected chi connectivity index (χ4v) is 8.86. The Morgan fingerprint density at radius 1 is 0.436 bits per heavy atom. The van der Waals surface area contributed by atoms with E-state index < -0.39 is 0 Å². The van der Waals surface area contributed by atoms with Crippen molar-refractivity contribution in [1.82, 2.24) is 4.98 Å². The number of hydrogen-bond acceptors (Lipinski definition) is 3. The van der Waals surface area contributed by atoms with Gasteiger partial charge >= 0.3 is 0 Å². The maximum atomic E-state index is 6.29. The summed E-state index contributed by atoms with van der Waals surface area (Å²) in [6.45, 7) is 4.76. The highest BCUT2D eigenvalue weighted by Crippen LogP contribution is 2.51. The predicted molar refractivity (Wildman–Crippen MR) is 230 cm³/mol. The topological polar surface area (TPSA) is 29.3 Å². The minimum atomic E-state index is -0.165. The van der Waals surface area contributed by atoms with Gasteiger partial charge in [0.15, 0.2) is 0 Å². The highest BCUT2D eigenvalue weighted by molar-refractivity contribution is 6.17. The largest absolute Gasteiger partial charge is 0.456 e. The number of rotatable bonds is 6. The molecule has 0 N–H and O–H groups in total. The number of pyridine rings is 1. The molecule has 1 aliphatic carbocycles. The smallest absolute Gasteiger partial charge is 0.136 e. The lowest BCUT2D eigenvalue weighted by atomic mass is 9.80. The molecule has 2 aromatic heterocycles. The first-order chi connectivity index (χ1) is 27.0. The fraction of sp³-hybridized carbons (Fsp3) is 0.0577. The monoisotopic (exact) mass is 704 g/mol. The average Bonchev–Trinajstić information content (AvgIpc) is 3.72. The van der Waals surface area contributed by atoms with Crippen LogP contribution in [0.15, 0.2) is 187 Å². The third-order valence-electron chi connectivity index (χ3n) is 11.7. The summed E-state index contributed by atoms with van der Waals surface area (Å²) in [6, 6.07) is 61.5. The first-order valence-electron chi connectivity index (χ1n) is 18.9. The minimum Gasteiger partial charge on any atom is -0.456 e. The van der Waals surface area contributed by atoms with Crippen LogP contribution in [-0.4, -0.2) is 4.98 Å². The number of fused-ring (bicyclic) bond motifs is 3. The molecule has 11 rings (SSSR count). The molecule has 0 unspecified atom stereocenters. The molecule has 260 valence electrons. The Labute approximate surface area is 319 Å². The molecule has 3 heteroatoms. The maximum Gasteiger partial charge on any atom is 0.136 e. The van der Waals surface area contributed by atoms with Crippen molar-refractivity contribution in [3.05, 3.63) is 193 Å². The van der Waals surface area contributed by atoms with Crippen LogP contribution < -0.4 is 4.90 Å². The Morgan fingerprint density at radius 2 is 1.00 bits per heavy atom. The lowest BCUT2D eigenvalue weighted by Crippen LogP contribution is -2.15. The average molecular weight is 705 g/mol. The van der Waals surface area contributed by atoms with E-state index >= 15 is 0 Å². The summed E-state index contributed by atoms with van der Waals surface area (Å²) < 4.78 is 6.29. The molecule has 0 fully saturated rings. The van der Waals surface area contributed by atoms with Crippen LogP contribution in [0.5, 0.6) is 0 Å². The van der Waals surface area contributed by atoms with Crippen LogP contribution in [0.4, 0.5) is 17.1 Å². The second kappa shape index (κ2) is 12.0. The van der Waals surface area contributed by atoms with Gasteiger partial charge in [-0.15, -0.1) is 0 Å². The summed E-state index contributed by atoms with van der Waals surface area (Å²) >= 11 is 0. The number of hydrogen-bond donors (Lipinski definition) is 0. The molecule has 0 bridgehead atoms. The SMILES string of the molecule is CC1(C)c2cc(-c3ccc(N(c4ccccc4)c4ccc(-c5cccnc5)cc4)cc3)cc3ccc4cc(-c5ccc6c(c5)oc5ccccc56)cc1c4c23. The Morgan fingerprint density at radius 3 is 1.65 bits per heavy atom. The molecule has 10 aromatic rings. The van der Waals surface area contributed by atoms with Crippen molar-refractivity contribution in [2.24, 2.45) is 0 Å². The summed E-state index contributed by atoms with van der Waals surface area (Å²) in [5.41, 5.74) is 14.9. The molecule has 3 nitrogen and oxygen atoms in total. The third-order valence-corrected chi connectivity index (χ3v) is 11.7. The van der Waals surface area contributed by atoms with E-state index in [0.717, 1.165) is 50.1 Å². The van der Waals surface area contributed by atoms with Gasteiger partial charge in [0.25, 0.3) is 0 Å². The van der Waals surface area contributed by atoms with Crippen molar-refractivity contribution in [2.75, 3.05) is 4.90 Å². The number of para-hydroxylation sites is 2. The number of nitrogens with zero attached hydrogens (tertiary/aromatic N) is 2. The van der Waals surface area contributed by atoms with Gasteiger partial charge in [0.05, 0.1) is 0 Å². The fourth-order valence-electron chi connectivity index (χ4n) is 8.86. The predicted octanol–water partition coefficient (Wildman–Crippen LogP) is 14.4. The van der Waals surface area contributed by atoms with Gasteiger partial charge in [-0.1, -0.05) is 98.8 Å². The molecular weight excluding hydrogens is 669 g/mol. The van der Waals surface area contributed by atoms with Gasteiger partial charge in [-0.25, -0.2) is 0 Å². The molecule has 2 heterocycles. The van der Waals surface area contributed by atoms with Crippen molar-refractivity contribution in [1.29, 1.82) is 0 Å². The molecule has 55 heavy (non-hydrogen) atoms. The molecule has 0 aliphatic heterocycles. The number of aromatic nitrogens is 1. The van der Waals surface area contributed by atoms with Crippen LogP contribution in [0.2, 0.25) is 0 Å². The van der Waals surface area contributed by atoms with E-state index in [4.69, 9.17) is 4.42 Å². The number of anilines is 3. The molecule has 0 spiro atoms. The molecule has 0 radical (unpaired) electrons. The maximum absolute atomic E-state index is 6.29. The minimum absolute atomic E-state index is 0.165. The van der Waals surface area contributed by atoms with Crippen molar-refractivity contribution >= 4 is 60.5 Å². The standard InChI is InChI=1S/C52H36N2O/c1-52(2)46-29-39(34-18-23-43(24-19-34)54(41-10-4-3-5-11-41)42-21-16-33(17-22-42)38-9-8-26-53-32-38)27-36-14-15-37-28-40(30-47(52)51(37)50(36)46)35-20-25-45-44-12-6-7-13-48(44)55-49(45)31-35/h3-32H,1-2H3. The zero-order valence-corrected chi connectivity index (χ0v) is 30.6. The normalized spacial score (nSPS) is 13.1. The van der Waals surface area contributed by atoms with Crippen molar-refractivity contribution in [2.45, 2.75) is 19.3 Å². The van der Waals surface area contributed by atoms with Crippen LogP contribution in [0.25, 0.3) is 76.9 Å². The van der Waals surface area contributed by atoms with Gasteiger partial charge in [0, 0.05) is 45.6 Å². The molecule has 0 saturated carbocycles. The molecule has 0 atom stereocenters. The molecule has 1 aliphatic rings. The van der Waals surface area contributed by atoms with Gasteiger partial charge in [-0.05, 0) is 151 Å². The summed E-state index contributed by atoms with van der Waals surface area (Å²) in [5, 5.41) is 7.63. The van der Waals surface area contributed by atoms with Gasteiger partial charge in [-0.3, -0.25) is 4.98 Å². The first kappa shape index (κ1) is 31.5. The van der Waals surface area contributed by atoms with Crippen LogP contribution in [0.1, 0.15) is 25.0 Å². The zero-order valence-electron chi connectivity index (χ0n) is 30.6. The van der Waals surface area contributed by atoms with E-state index in [9.17, 15) is 0 Å². The summed E-state index contributed by atoms with van der Waals surface area (Å²) in [5.74, 6) is 0. The van der Waals surface area contributed by atoms with Gasteiger partial charge < -0.3 is 9.32 Å². The Bertz CT molecular complexity index is 3090. The van der Waals surface area contributed by atoms with E-state index in [-0.39, 0.29) is 5.41 Å². The van der Waals surface area contributed by atoms with Crippen LogP contribution >= 0.6 is 0 Å². The van der Waals surface area contributed by atoms with Crippen LogP contribution in [0, 0.1) is 0 Å². The Balaban J connectivity index is 0.958. The highest BCUT2D eigenvalue weighted by atomic mass is 16.3. The lowest BCUT2D eigenvalue weighted by Gasteiger charge is -2.26. The van der Waals surface area contributed by atoms with Crippen molar-refractivity contribution in [3.8, 4) is 33.4 Å². The van der Waals surface area contributed by atoms with E-state index in [2.05, 4.69) is 175 Å². The number of benzene rings is 8. The lowest BCUT2D eigenvalue weighted by molar-refractivity contribution is 0.663. The van der Waals surface area contributed by atoms with E-state index in [1.807, 2.05) is 30.6 Å². The Hall–Kier alpha value is -6.97. The van der Waals surface area contributed by atoms with Crippen LogP contribution in [-0.2, 0) is 5.41 Å². The van der Waals surface area contributed by atoms with E-state index in [0.29, 0.717) is 0 Å². The summed E-state index contributed by atoms with van der Waals surface area (Å²) in [7, 11) is 0. The highest BCUT2D eigenvalue weighted by Gasteiger charge is 2.35. The number of furan rings is 1. The third kappa shape index (κ3) is 5.01. The first-order valence-corrected chi connectivity index (χ1v) is 18.9. The molecule has 0 amide bonds. The molecule has 8 aromatic carbocycles. The van der Waals surface area contributed by atoms with Crippen LogP contribution in [0.3, 0.4) is 0 Å². The Kier molecular flexibility index (Phi) is 6.90. The second-order valence-electron chi connectivity index (χ2n) is 15.2. The van der Waals surface area contributed by atoms with E-state index in [1.54, 1.807) is 0 Å². The quantitative estimate of drug-likeness (QED) is 0.161. The van der Waals surface area contributed by atoms with Gasteiger partial charge in [-0.2, -0.15) is 0 Å². The van der Waals surface area contributed by atoms with Gasteiger partial charge in [0.1, 0.15) is 11.2 Å². The second-order valence-corrected chi connectivity index (χ2v) is 15.2.